The van der Waals surface area contributed by atoms with E-state index < -0.39 is 11.5 Å². The maximum absolute atomic E-state index is 13.0. The predicted octanol–water partition coefficient (Wildman–Crippen LogP) is 2.32. The Morgan fingerprint density at radius 2 is 2.10 bits per heavy atom. The van der Waals surface area contributed by atoms with Crippen molar-refractivity contribution in [3.63, 3.8) is 0 Å². The molecule has 0 aliphatic rings. The maximum Gasteiger partial charge on any atom is 0.280 e. The second kappa shape index (κ2) is 7.84. The van der Waals surface area contributed by atoms with Crippen molar-refractivity contribution in [3.05, 3.63) is 60.1 Å². The minimum absolute atomic E-state index is 0.273. The fourth-order valence-electron chi connectivity index (χ4n) is 3.40. The van der Waals surface area contributed by atoms with Crippen LogP contribution < -0.4 is 10.9 Å². The van der Waals surface area contributed by atoms with Crippen molar-refractivity contribution in [2.75, 3.05) is 12.4 Å². The van der Waals surface area contributed by atoms with Crippen molar-refractivity contribution in [2.24, 2.45) is 12.0 Å². The van der Waals surface area contributed by atoms with Gasteiger partial charge in [-0.15, -0.1) is 0 Å². The van der Waals surface area contributed by atoms with Crippen LogP contribution >= 0.6 is 0 Å². The average Bonchev–Trinajstić information content (AvgIpc) is 3.30. The van der Waals surface area contributed by atoms with Crippen LogP contribution in [0.3, 0.4) is 0 Å². The van der Waals surface area contributed by atoms with E-state index in [0.717, 1.165) is 22.3 Å². The van der Waals surface area contributed by atoms with Gasteiger partial charge < -0.3 is 20.0 Å². The summed E-state index contributed by atoms with van der Waals surface area (Å²) in [6.07, 6.45) is 5.12. The molecular formula is C22H25N7O2. The number of pyridine rings is 1. The fraction of sp³-hybridized carbons (Fsp3) is 0.273. The van der Waals surface area contributed by atoms with Crippen LogP contribution in [0.2, 0.25) is 0 Å². The summed E-state index contributed by atoms with van der Waals surface area (Å²) >= 11 is 0. The van der Waals surface area contributed by atoms with Gasteiger partial charge in [0.05, 0.1) is 35.1 Å². The molecule has 1 amide bonds. The van der Waals surface area contributed by atoms with Gasteiger partial charge in [-0.1, -0.05) is 0 Å². The molecule has 0 unspecified atom stereocenters. The highest BCUT2D eigenvalue weighted by Gasteiger charge is 2.18. The van der Waals surface area contributed by atoms with Crippen LogP contribution in [0.1, 0.15) is 24.2 Å². The molecule has 3 aromatic heterocycles. The Kier molecular flexibility index (Phi) is 5.20. The third-order valence-corrected chi connectivity index (χ3v) is 4.84. The van der Waals surface area contributed by atoms with Gasteiger partial charge in [-0.25, -0.2) is 0 Å². The van der Waals surface area contributed by atoms with Gasteiger partial charge in [0.15, 0.2) is 0 Å². The summed E-state index contributed by atoms with van der Waals surface area (Å²) in [7, 11) is 3.66. The second-order valence-corrected chi connectivity index (χ2v) is 8.08. The minimum Gasteiger partial charge on any atom is -0.389 e. The van der Waals surface area contributed by atoms with E-state index in [1.54, 1.807) is 43.1 Å². The number of anilines is 1. The molecule has 160 valence electrons. The molecule has 0 aliphatic heterocycles. The first kappa shape index (κ1) is 20.5. The Balaban J connectivity index is 1.79. The van der Waals surface area contributed by atoms with Crippen LogP contribution in [0, 0.1) is 0 Å². The van der Waals surface area contributed by atoms with Crippen molar-refractivity contribution in [3.8, 4) is 11.3 Å². The number of aliphatic hydroxyl groups is 1. The lowest BCUT2D eigenvalue weighted by Gasteiger charge is -2.18. The van der Waals surface area contributed by atoms with Crippen molar-refractivity contribution < 1.29 is 9.90 Å². The van der Waals surface area contributed by atoms with Gasteiger partial charge in [0.1, 0.15) is 0 Å². The SMILES string of the molecule is CNc1ccc2c(c1)[nH]/c(=N\C(=O)c1ccnc(-c3cnn(C)c3)c1)n2CC(C)(C)O. The maximum atomic E-state index is 13.0. The zero-order chi connectivity index (χ0) is 22.2. The summed E-state index contributed by atoms with van der Waals surface area (Å²) in [6, 6.07) is 9.14. The van der Waals surface area contributed by atoms with E-state index >= 15 is 0 Å². The zero-order valence-corrected chi connectivity index (χ0v) is 17.9. The smallest absolute Gasteiger partial charge is 0.280 e. The highest BCUT2D eigenvalue weighted by Crippen LogP contribution is 2.19. The van der Waals surface area contributed by atoms with Gasteiger partial charge in [-0.3, -0.25) is 14.5 Å². The number of H-pyrrole nitrogens is 1. The lowest BCUT2D eigenvalue weighted by atomic mass is 10.1. The summed E-state index contributed by atoms with van der Waals surface area (Å²) in [4.78, 5) is 24.9. The first-order valence-corrected chi connectivity index (χ1v) is 9.90. The molecule has 4 rings (SSSR count). The van der Waals surface area contributed by atoms with Crippen molar-refractivity contribution in [1.82, 2.24) is 24.3 Å². The molecule has 4 aromatic rings. The first-order chi connectivity index (χ1) is 14.7. The molecule has 31 heavy (non-hydrogen) atoms. The van der Waals surface area contributed by atoms with Crippen molar-refractivity contribution in [2.45, 2.75) is 26.0 Å². The number of nitrogens with zero attached hydrogens (tertiary/aromatic N) is 5. The summed E-state index contributed by atoms with van der Waals surface area (Å²) in [5, 5.41) is 17.6. The number of nitrogens with one attached hydrogen (secondary N) is 2. The quantitative estimate of drug-likeness (QED) is 0.459. The van der Waals surface area contributed by atoms with Crippen LogP contribution in [-0.2, 0) is 13.6 Å². The molecule has 9 nitrogen and oxygen atoms in total. The normalized spacial score (nSPS) is 12.5. The molecule has 0 spiro atoms. The molecule has 3 N–H and O–H groups in total. The molecular weight excluding hydrogens is 394 g/mol. The molecule has 0 fully saturated rings. The summed E-state index contributed by atoms with van der Waals surface area (Å²) in [5.74, 6) is -0.405. The van der Waals surface area contributed by atoms with Crippen LogP contribution in [0.5, 0.6) is 0 Å². The largest absolute Gasteiger partial charge is 0.389 e. The average molecular weight is 419 g/mol. The molecule has 9 heteroatoms. The van der Waals surface area contributed by atoms with Gasteiger partial charge in [-0.05, 0) is 44.2 Å². The Hall–Kier alpha value is -3.72. The number of aromatic amines is 1. The summed E-state index contributed by atoms with van der Waals surface area (Å²) in [5.41, 5.74) is 3.85. The standard InChI is InChI=1S/C22H25N7O2/c1-22(2,31)13-29-19-6-5-16(23-3)10-18(19)26-21(29)27-20(30)14-7-8-24-17(9-14)15-11-25-28(4)12-15/h5-12,23,31H,13H2,1-4H3,(H,26,27,30). The van der Waals surface area contributed by atoms with E-state index in [1.165, 1.54) is 0 Å². The van der Waals surface area contributed by atoms with Gasteiger partial charge in [0.25, 0.3) is 5.91 Å². The summed E-state index contributed by atoms with van der Waals surface area (Å²) in [6.45, 7) is 3.71. The highest BCUT2D eigenvalue weighted by atomic mass is 16.3. The number of benzene rings is 1. The van der Waals surface area contributed by atoms with E-state index in [0.29, 0.717) is 16.9 Å². The third kappa shape index (κ3) is 4.41. The molecule has 0 saturated heterocycles. The van der Waals surface area contributed by atoms with Gasteiger partial charge >= 0.3 is 0 Å². The van der Waals surface area contributed by atoms with Crippen LogP contribution in [-0.4, -0.2) is 48.0 Å². The molecule has 0 saturated carbocycles. The number of hydrogen-bond acceptors (Lipinski definition) is 5. The van der Waals surface area contributed by atoms with E-state index in [1.807, 2.05) is 43.1 Å². The van der Waals surface area contributed by atoms with Gasteiger partial charge in [-0.2, -0.15) is 10.1 Å². The first-order valence-electron chi connectivity index (χ1n) is 9.90. The molecule has 0 bridgehead atoms. The molecule has 1 aromatic carbocycles. The summed E-state index contributed by atoms with van der Waals surface area (Å²) < 4.78 is 3.50. The van der Waals surface area contributed by atoms with E-state index in [-0.39, 0.29) is 6.54 Å². The number of imidazole rings is 1. The van der Waals surface area contributed by atoms with Gasteiger partial charge in [0, 0.05) is 43.3 Å². The monoisotopic (exact) mass is 419 g/mol. The van der Waals surface area contributed by atoms with Crippen molar-refractivity contribution in [1.29, 1.82) is 0 Å². The van der Waals surface area contributed by atoms with E-state index in [9.17, 15) is 9.90 Å². The predicted molar refractivity (Wildman–Crippen MR) is 118 cm³/mol. The highest BCUT2D eigenvalue weighted by molar-refractivity contribution is 5.95. The Labute approximate surface area is 179 Å². The van der Waals surface area contributed by atoms with Crippen LogP contribution in [0.15, 0.2) is 53.9 Å². The number of aryl methyl sites for hydroxylation is 1. The minimum atomic E-state index is -0.987. The number of amides is 1. The number of carbonyl (C=O) groups is 1. The number of rotatable bonds is 5. The molecule has 0 aliphatic carbocycles. The Morgan fingerprint density at radius 3 is 2.77 bits per heavy atom. The number of hydrogen-bond donors (Lipinski definition) is 3. The molecule has 0 atom stereocenters. The Morgan fingerprint density at radius 1 is 1.29 bits per heavy atom. The molecule has 0 radical (unpaired) electrons. The topological polar surface area (TPSA) is 113 Å². The van der Waals surface area contributed by atoms with Crippen LogP contribution in [0.4, 0.5) is 5.69 Å². The lowest BCUT2D eigenvalue weighted by molar-refractivity contribution is 0.0612. The number of aromatic nitrogens is 5. The number of carbonyl (C=O) groups excluding carboxylic acids is 1. The van der Waals surface area contributed by atoms with Gasteiger partial charge in [0.2, 0.25) is 5.62 Å². The lowest BCUT2D eigenvalue weighted by Crippen LogP contribution is -2.32. The molecule has 3 heterocycles. The van der Waals surface area contributed by atoms with Crippen LogP contribution in [0.25, 0.3) is 22.3 Å². The van der Waals surface area contributed by atoms with E-state index in [4.69, 9.17) is 0 Å². The van der Waals surface area contributed by atoms with E-state index in [2.05, 4.69) is 25.4 Å². The third-order valence-electron chi connectivity index (χ3n) is 4.84. The fourth-order valence-corrected chi connectivity index (χ4v) is 3.40. The Bertz CT molecular complexity index is 1320. The second-order valence-electron chi connectivity index (χ2n) is 8.08. The zero-order valence-electron chi connectivity index (χ0n) is 17.9. The number of fused-ring (bicyclic) bond motifs is 1. The van der Waals surface area contributed by atoms with Crippen molar-refractivity contribution >= 4 is 22.6 Å².